The van der Waals surface area contributed by atoms with Gasteiger partial charge >= 0.3 is 0 Å². The van der Waals surface area contributed by atoms with Crippen LogP contribution in [0.15, 0.2) is 23.3 Å². The first-order chi connectivity index (χ1) is 10.2. The summed E-state index contributed by atoms with van der Waals surface area (Å²) in [5.74, 6) is 1.34. The number of carbonyl (C=O) groups excluding carboxylic acids is 1. The molecule has 0 heterocycles. The van der Waals surface area contributed by atoms with Crippen LogP contribution in [0, 0.1) is 5.92 Å². The van der Waals surface area contributed by atoms with Crippen molar-refractivity contribution >= 4 is 11.6 Å². The molecule has 5 heteroatoms. The average Bonchev–Trinajstić information content (AvgIpc) is 2.53. The second-order valence-electron chi connectivity index (χ2n) is 5.26. The second-order valence-corrected chi connectivity index (χ2v) is 5.26. The monoisotopic (exact) mass is 290 g/mol. The predicted octanol–water partition coefficient (Wildman–Crippen LogP) is 3.00. The van der Waals surface area contributed by atoms with Gasteiger partial charge in [0.15, 0.2) is 11.5 Å². The van der Waals surface area contributed by atoms with Gasteiger partial charge in [0.05, 0.1) is 14.2 Å². The molecule has 0 radical (unpaired) electrons. The molecule has 1 atom stereocenters. The van der Waals surface area contributed by atoms with Gasteiger partial charge in [-0.3, -0.25) is 4.79 Å². The minimum Gasteiger partial charge on any atom is -0.493 e. The van der Waals surface area contributed by atoms with E-state index in [2.05, 4.69) is 17.5 Å². The van der Waals surface area contributed by atoms with E-state index in [1.807, 2.05) is 0 Å². The van der Waals surface area contributed by atoms with Gasteiger partial charge < -0.3 is 9.47 Å². The molecule has 1 aliphatic carbocycles. The number of hydrazone groups is 1. The number of benzene rings is 1. The van der Waals surface area contributed by atoms with Gasteiger partial charge in [-0.15, -0.1) is 0 Å². The van der Waals surface area contributed by atoms with E-state index in [0.29, 0.717) is 23.0 Å². The van der Waals surface area contributed by atoms with Crippen molar-refractivity contribution in [3.8, 4) is 11.5 Å². The van der Waals surface area contributed by atoms with Crippen LogP contribution in [-0.4, -0.2) is 25.8 Å². The highest BCUT2D eigenvalue weighted by molar-refractivity contribution is 5.96. The minimum atomic E-state index is -0.235. The molecule has 1 aliphatic rings. The van der Waals surface area contributed by atoms with Gasteiger partial charge in [-0.25, -0.2) is 5.43 Å². The molecule has 0 aliphatic heterocycles. The first-order valence-corrected chi connectivity index (χ1v) is 7.24. The van der Waals surface area contributed by atoms with E-state index in [0.717, 1.165) is 25.0 Å². The molecule has 114 valence electrons. The SMILES string of the molecule is COc1ccc(C(=O)NN=C2CCCCC2C)cc1OC. The van der Waals surface area contributed by atoms with Crippen molar-refractivity contribution in [2.24, 2.45) is 11.0 Å². The molecule has 1 aromatic carbocycles. The summed E-state index contributed by atoms with van der Waals surface area (Å²) in [5.41, 5.74) is 4.22. The lowest BCUT2D eigenvalue weighted by molar-refractivity contribution is 0.0954. The number of ether oxygens (including phenoxy) is 2. The fraction of sp³-hybridized carbons (Fsp3) is 0.500. The zero-order valence-corrected chi connectivity index (χ0v) is 12.8. The van der Waals surface area contributed by atoms with Crippen molar-refractivity contribution in [1.82, 2.24) is 5.43 Å². The van der Waals surface area contributed by atoms with E-state index in [-0.39, 0.29) is 5.91 Å². The Morgan fingerprint density at radius 2 is 2.00 bits per heavy atom. The van der Waals surface area contributed by atoms with Crippen LogP contribution in [0.3, 0.4) is 0 Å². The topological polar surface area (TPSA) is 59.9 Å². The first kappa shape index (κ1) is 15.4. The van der Waals surface area contributed by atoms with Crippen LogP contribution < -0.4 is 14.9 Å². The fourth-order valence-electron chi connectivity index (χ4n) is 2.50. The standard InChI is InChI=1S/C16H22N2O3/c1-11-6-4-5-7-13(11)17-18-16(19)12-8-9-14(20-2)15(10-12)21-3/h8-11H,4-7H2,1-3H3,(H,18,19). The Kier molecular flexibility index (Phi) is 5.20. The number of amides is 1. The summed E-state index contributed by atoms with van der Waals surface area (Å²) in [6, 6.07) is 5.06. The Morgan fingerprint density at radius 1 is 1.24 bits per heavy atom. The molecule has 1 aromatic rings. The van der Waals surface area contributed by atoms with Crippen LogP contribution >= 0.6 is 0 Å². The lowest BCUT2D eigenvalue weighted by Crippen LogP contribution is -2.24. The highest BCUT2D eigenvalue weighted by Crippen LogP contribution is 2.27. The van der Waals surface area contributed by atoms with Crippen molar-refractivity contribution in [2.45, 2.75) is 32.6 Å². The highest BCUT2D eigenvalue weighted by atomic mass is 16.5. The molecule has 1 unspecified atom stereocenters. The van der Waals surface area contributed by atoms with Crippen molar-refractivity contribution < 1.29 is 14.3 Å². The molecule has 0 bridgehead atoms. The van der Waals surface area contributed by atoms with Crippen LogP contribution in [-0.2, 0) is 0 Å². The molecule has 1 amide bonds. The number of carbonyl (C=O) groups is 1. The maximum atomic E-state index is 12.1. The molecule has 5 nitrogen and oxygen atoms in total. The molecule has 0 spiro atoms. The number of rotatable bonds is 4. The Morgan fingerprint density at radius 3 is 2.67 bits per heavy atom. The lowest BCUT2D eigenvalue weighted by Gasteiger charge is -2.19. The molecule has 21 heavy (non-hydrogen) atoms. The number of hydrogen-bond donors (Lipinski definition) is 1. The quantitative estimate of drug-likeness (QED) is 0.867. The van der Waals surface area contributed by atoms with Gasteiger partial charge in [0.2, 0.25) is 0 Å². The Hall–Kier alpha value is -2.04. The first-order valence-electron chi connectivity index (χ1n) is 7.24. The van der Waals surface area contributed by atoms with Gasteiger partial charge in [0.1, 0.15) is 0 Å². The fourth-order valence-corrected chi connectivity index (χ4v) is 2.50. The number of nitrogens with one attached hydrogen (secondary N) is 1. The molecular formula is C16H22N2O3. The van der Waals surface area contributed by atoms with Gasteiger partial charge in [-0.1, -0.05) is 13.3 Å². The number of nitrogens with zero attached hydrogens (tertiary/aromatic N) is 1. The Bertz CT molecular complexity index is 540. The van der Waals surface area contributed by atoms with Crippen LogP contribution in [0.4, 0.5) is 0 Å². The maximum Gasteiger partial charge on any atom is 0.271 e. The van der Waals surface area contributed by atoms with E-state index in [9.17, 15) is 4.79 Å². The Balaban J connectivity index is 2.08. The molecule has 1 N–H and O–H groups in total. The second kappa shape index (κ2) is 7.11. The van der Waals surface area contributed by atoms with E-state index >= 15 is 0 Å². The summed E-state index contributed by atoms with van der Waals surface area (Å²) < 4.78 is 10.4. The van der Waals surface area contributed by atoms with E-state index in [1.54, 1.807) is 32.4 Å². The normalized spacial score (nSPS) is 20.1. The van der Waals surface area contributed by atoms with Gasteiger partial charge in [-0.05, 0) is 43.4 Å². The zero-order valence-electron chi connectivity index (χ0n) is 12.8. The molecule has 1 fully saturated rings. The van der Waals surface area contributed by atoms with Gasteiger partial charge in [0, 0.05) is 11.3 Å². The van der Waals surface area contributed by atoms with E-state index in [4.69, 9.17) is 9.47 Å². The third kappa shape index (κ3) is 3.74. The van der Waals surface area contributed by atoms with Crippen LogP contribution in [0.1, 0.15) is 43.0 Å². The summed E-state index contributed by atoms with van der Waals surface area (Å²) in [4.78, 5) is 12.1. The Labute approximate surface area is 125 Å². The molecule has 0 saturated heterocycles. The van der Waals surface area contributed by atoms with Gasteiger partial charge in [-0.2, -0.15) is 5.10 Å². The average molecular weight is 290 g/mol. The van der Waals surface area contributed by atoms with Crippen LogP contribution in [0.5, 0.6) is 11.5 Å². The predicted molar refractivity (Wildman–Crippen MR) is 82.1 cm³/mol. The van der Waals surface area contributed by atoms with Crippen molar-refractivity contribution in [2.75, 3.05) is 14.2 Å². The van der Waals surface area contributed by atoms with Crippen molar-refractivity contribution in [3.05, 3.63) is 23.8 Å². The van der Waals surface area contributed by atoms with E-state index in [1.165, 1.54) is 6.42 Å². The summed E-state index contributed by atoms with van der Waals surface area (Å²) in [7, 11) is 3.11. The smallest absolute Gasteiger partial charge is 0.271 e. The molecule has 1 saturated carbocycles. The maximum absolute atomic E-state index is 12.1. The number of methoxy groups -OCH3 is 2. The molecular weight excluding hydrogens is 268 g/mol. The highest BCUT2D eigenvalue weighted by Gasteiger charge is 2.16. The zero-order chi connectivity index (χ0) is 15.2. The molecule has 2 rings (SSSR count). The van der Waals surface area contributed by atoms with Crippen molar-refractivity contribution in [1.29, 1.82) is 0 Å². The summed E-state index contributed by atoms with van der Waals surface area (Å²) in [5, 5.41) is 4.28. The lowest BCUT2D eigenvalue weighted by atomic mass is 9.89. The van der Waals surface area contributed by atoms with E-state index < -0.39 is 0 Å². The third-order valence-electron chi connectivity index (χ3n) is 3.84. The summed E-state index contributed by atoms with van der Waals surface area (Å²) in [6.07, 6.45) is 4.50. The minimum absolute atomic E-state index is 0.235. The molecule has 0 aromatic heterocycles. The summed E-state index contributed by atoms with van der Waals surface area (Å²) in [6.45, 7) is 2.15. The third-order valence-corrected chi connectivity index (χ3v) is 3.84. The largest absolute Gasteiger partial charge is 0.493 e. The van der Waals surface area contributed by atoms with Gasteiger partial charge in [0.25, 0.3) is 5.91 Å². The van der Waals surface area contributed by atoms with Crippen LogP contribution in [0.25, 0.3) is 0 Å². The summed E-state index contributed by atoms with van der Waals surface area (Å²) >= 11 is 0. The van der Waals surface area contributed by atoms with Crippen LogP contribution in [0.2, 0.25) is 0 Å². The van der Waals surface area contributed by atoms with Crippen molar-refractivity contribution in [3.63, 3.8) is 0 Å². The number of hydrogen-bond acceptors (Lipinski definition) is 4.